The predicted molar refractivity (Wildman–Crippen MR) is 102 cm³/mol. The predicted octanol–water partition coefficient (Wildman–Crippen LogP) is 2.94. The Morgan fingerprint density at radius 1 is 1.10 bits per heavy atom. The van der Waals surface area contributed by atoms with Crippen molar-refractivity contribution >= 4 is 17.9 Å². The van der Waals surface area contributed by atoms with Gasteiger partial charge in [0.05, 0.1) is 0 Å². The molecule has 8 heteroatoms. The van der Waals surface area contributed by atoms with Gasteiger partial charge in [0.2, 0.25) is 0 Å². The minimum absolute atomic E-state index is 0.103. The van der Waals surface area contributed by atoms with Crippen molar-refractivity contribution in [1.82, 2.24) is 10.6 Å². The molecule has 7 nitrogen and oxygen atoms in total. The monoisotopic (exact) mass is 400 g/mol. The molecule has 0 aromatic heterocycles. The molecule has 0 bridgehead atoms. The van der Waals surface area contributed by atoms with Gasteiger partial charge < -0.3 is 14.8 Å². The number of carbonyl (C=O) groups excluding carboxylic acids is 3. The Balaban J connectivity index is 1.57. The van der Waals surface area contributed by atoms with Crippen LogP contribution in [0.1, 0.15) is 35.7 Å². The highest BCUT2D eigenvalue weighted by atomic mass is 19.1. The molecular formula is C21H21FN2O5. The molecule has 0 heterocycles. The third kappa shape index (κ3) is 6.03. The molecule has 1 saturated carbocycles. The first-order valence-corrected chi connectivity index (χ1v) is 9.21. The molecule has 3 rings (SSSR count). The summed E-state index contributed by atoms with van der Waals surface area (Å²) >= 11 is 0. The van der Waals surface area contributed by atoms with E-state index in [0.717, 1.165) is 18.4 Å². The van der Waals surface area contributed by atoms with Crippen LogP contribution >= 0.6 is 0 Å². The van der Waals surface area contributed by atoms with Crippen molar-refractivity contribution in [2.24, 2.45) is 0 Å². The van der Waals surface area contributed by atoms with Crippen molar-refractivity contribution in [2.75, 3.05) is 0 Å². The maximum Gasteiger partial charge on any atom is 0.342 e. The zero-order chi connectivity index (χ0) is 20.8. The Labute approximate surface area is 167 Å². The van der Waals surface area contributed by atoms with Gasteiger partial charge in [-0.15, -0.1) is 0 Å². The van der Waals surface area contributed by atoms with E-state index in [0.29, 0.717) is 0 Å². The summed E-state index contributed by atoms with van der Waals surface area (Å²) in [5.74, 6) is -1.57. The number of nitrogens with one attached hydrogen (secondary N) is 2. The second-order valence-corrected chi connectivity index (χ2v) is 6.70. The number of ether oxygens (including phenoxy) is 2. The summed E-state index contributed by atoms with van der Waals surface area (Å²) in [7, 11) is 0. The highest BCUT2D eigenvalue weighted by Gasteiger charge is 2.26. The quantitative estimate of drug-likeness (QED) is 0.697. The Hall–Kier alpha value is -3.42. The summed E-state index contributed by atoms with van der Waals surface area (Å²) in [6.45, 7) is 1.50. The van der Waals surface area contributed by atoms with Gasteiger partial charge in [-0.1, -0.05) is 24.3 Å². The molecule has 0 aliphatic heterocycles. The molecule has 152 valence electrons. The number of para-hydroxylation sites is 1. The van der Waals surface area contributed by atoms with E-state index in [2.05, 4.69) is 10.6 Å². The van der Waals surface area contributed by atoms with Crippen LogP contribution in [0.4, 0.5) is 9.18 Å². The topological polar surface area (TPSA) is 93.7 Å². The molecule has 1 fully saturated rings. The van der Waals surface area contributed by atoms with Crippen molar-refractivity contribution in [2.45, 2.75) is 38.5 Å². The van der Waals surface area contributed by atoms with Crippen molar-refractivity contribution < 1.29 is 28.2 Å². The third-order valence-corrected chi connectivity index (χ3v) is 4.22. The maximum atomic E-state index is 13.0. The van der Waals surface area contributed by atoms with Gasteiger partial charge in [0.15, 0.2) is 6.10 Å². The van der Waals surface area contributed by atoms with Crippen molar-refractivity contribution in [3.05, 3.63) is 65.5 Å². The highest BCUT2D eigenvalue weighted by molar-refractivity contribution is 5.99. The number of hydrogen-bond donors (Lipinski definition) is 2. The first kappa shape index (κ1) is 20.3. The van der Waals surface area contributed by atoms with Crippen LogP contribution in [-0.4, -0.2) is 30.1 Å². The lowest BCUT2D eigenvalue weighted by Gasteiger charge is -2.15. The zero-order valence-corrected chi connectivity index (χ0v) is 15.8. The van der Waals surface area contributed by atoms with Crippen LogP contribution in [0.2, 0.25) is 0 Å². The van der Waals surface area contributed by atoms with E-state index in [-0.39, 0.29) is 29.8 Å². The van der Waals surface area contributed by atoms with Gasteiger partial charge >= 0.3 is 12.0 Å². The SMILES string of the molecule is C[C@H](OC(=O)c1ccccc1OCc1ccc(F)cc1)C(=O)NC(=O)NC1CC1. The van der Waals surface area contributed by atoms with Crippen molar-refractivity contribution in [1.29, 1.82) is 0 Å². The van der Waals surface area contributed by atoms with Gasteiger partial charge in [0.1, 0.15) is 23.7 Å². The number of imide groups is 1. The van der Waals surface area contributed by atoms with Gasteiger partial charge in [-0.2, -0.15) is 0 Å². The summed E-state index contributed by atoms with van der Waals surface area (Å²) in [6, 6.07) is 11.7. The van der Waals surface area contributed by atoms with E-state index >= 15 is 0 Å². The van der Waals surface area contributed by atoms with E-state index in [1.54, 1.807) is 30.3 Å². The second kappa shape index (κ2) is 9.18. The summed E-state index contributed by atoms with van der Waals surface area (Å²) in [4.78, 5) is 36.1. The van der Waals surface area contributed by atoms with Crippen LogP contribution in [0.3, 0.4) is 0 Å². The molecule has 1 aliphatic carbocycles. The fourth-order valence-electron chi connectivity index (χ4n) is 2.44. The van der Waals surface area contributed by atoms with Crippen LogP contribution in [0.5, 0.6) is 5.75 Å². The fourth-order valence-corrected chi connectivity index (χ4v) is 2.44. The normalized spacial score (nSPS) is 13.9. The Morgan fingerprint density at radius 3 is 2.48 bits per heavy atom. The van der Waals surface area contributed by atoms with Crippen LogP contribution in [-0.2, 0) is 16.1 Å². The zero-order valence-electron chi connectivity index (χ0n) is 15.8. The van der Waals surface area contributed by atoms with Crippen LogP contribution in [0, 0.1) is 5.82 Å². The number of rotatable bonds is 7. The highest BCUT2D eigenvalue weighted by Crippen LogP contribution is 2.21. The summed E-state index contributed by atoms with van der Waals surface area (Å²) in [5, 5.41) is 4.76. The Morgan fingerprint density at radius 2 is 1.79 bits per heavy atom. The first-order valence-electron chi connectivity index (χ1n) is 9.21. The summed E-state index contributed by atoms with van der Waals surface area (Å²) < 4.78 is 23.8. The molecule has 29 heavy (non-hydrogen) atoms. The number of halogens is 1. The summed E-state index contributed by atoms with van der Waals surface area (Å²) in [6.07, 6.45) is 0.611. The lowest BCUT2D eigenvalue weighted by Crippen LogP contribution is -2.45. The molecule has 2 aromatic carbocycles. The van der Waals surface area contributed by atoms with Crippen LogP contribution in [0.15, 0.2) is 48.5 Å². The number of hydrogen-bond acceptors (Lipinski definition) is 5. The second-order valence-electron chi connectivity index (χ2n) is 6.70. The lowest BCUT2D eigenvalue weighted by atomic mass is 10.2. The maximum absolute atomic E-state index is 13.0. The molecule has 2 N–H and O–H groups in total. The first-order chi connectivity index (χ1) is 13.9. The number of carbonyl (C=O) groups is 3. The average Bonchev–Trinajstić information content (AvgIpc) is 3.51. The number of urea groups is 1. The fraction of sp³-hybridized carbons (Fsp3) is 0.286. The van der Waals surface area contributed by atoms with E-state index < -0.39 is 24.0 Å². The molecule has 0 radical (unpaired) electrons. The van der Waals surface area contributed by atoms with E-state index in [9.17, 15) is 18.8 Å². The third-order valence-electron chi connectivity index (χ3n) is 4.22. The number of esters is 1. The number of amides is 3. The van der Waals surface area contributed by atoms with E-state index in [1.807, 2.05) is 0 Å². The summed E-state index contributed by atoms with van der Waals surface area (Å²) in [5.41, 5.74) is 0.862. The average molecular weight is 400 g/mol. The molecule has 0 unspecified atom stereocenters. The largest absolute Gasteiger partial charge is 0.488 e. The smallest absolute Gasteiger partial charge is 0.342 e. The Kier molecular flexibility index (Phi) is 6.43. The standard InChI is InChI=1S/C21H21FN2O5/c1-13(19(25)24-21(27)23-16-10-11-16)29-20(26)17-4-2-3-5-18(17)28-12-14-6-8-15(22)9-7-14/h2-9,13,16H,10-12H2,1H3,(H2,23,24,25,27)/t13-/m0/s1. The molecular weight excluding hydrogens is 379 g/mol. The van der Waals surface area contributed by atoms with Gasteiger partial charge in [-0.05, 0) is 49.6 Å². The van der Waals surface area contributed by atoms with Gasteiger partial charge in [-0.25, -0.2) is 14.0 Å². The molecule has 0 saturated heterocycles. The Bertz CT molecular complexity index is 896. The van der Waals surface area contributed by atoms with Gasteiger partial charge in [0, 0.05) is 6.04 Å². The van der Waals surface area contributed by atoms with Crippen LogP contribution < -0.4 is 15.4 Å². The minimum atomic E-state index is -1.17. The molecule has 0 spiro atoms. The van der Waals surface area contributed by atoms with E-state index in [1.165, 1.54) is 25.1 Å². The van der Waals surface area contributed by atoms with Crippen molar-refractivity contribution in [3.8, 4) is 5.75 Å². The van der Waals surface area contributed by atoms with Crippen molar-refractivity contribution in [3.63, 3.8) is 0 Å². The minimum Gasteiger partial charge on any atom is -0.488 e. The molecule has 1 atom stereocenters. The molecule has 1 aliphatic rings. The van der Waals surface area contributed by atoms with Gasteiger partial charge in [0.25, 0.3) is 5.91 Å². The lowest BCUT2D eigenvalue weighted by molar-refractivity contribution is -0.127. The molecule has 2 aromatic rings. The van der Waals surface area contributed by atoms with Gasteiger partial charge in [-0.3, -0.25) is 10.1 Å². The number of benzene rings is 2. The molecule has 3 amide bonds. The van der Waals surface area contributed by atoms with E-state index in [4.69, 9.17) is 9.47 Å². The van der Waals surface area contributed by atoms with Crippen LogP contribution in [0.25, 0.3) is 0 Å².